The van der Waals surface area contributed by atoms with Gasteiger partial charge in [0.05, 0.1) is 12.0 Å². The molecule has 0 bridgehead atoms. The molecule has 0 spiro atoms. The lowest BCUT2D eigenvalue weighted by molar-refractivity contribution is -0.153. The lowest BCUT2D eigenvalue weighted by Crippen LogP contribution is -2.21. The summed E-state index contributed by atoms with van der Waals surface area (Å²) in [6.07, 6.45) is -5.03. The zero-order valence-electron chi connectivity index (χ0n) is 10.3. The van der Waals surface area contributed by atoms with Crippen LogP contribution in [-0.2, 0) is 0 Å². The number of nitrogens with one attached hydrogen (secondary N) is 1. The number of hydrogen-bond donors (Lipinski definition) is 2. The lowest BCUT2D eigenvalue weighted by atomic mass is 10.2. The number of rotatable bonds is 6. The first kappa shape index (κ1) is 15.9. The number of benzene rings is 1. The topological polar surface area (TPSA) is 41.5 Å². The third-order valence-electron chi connectivity index (χ3n) is 2.31. The summed E-state index contributed by atoms with van der Waals surface area (Å²) >= 11 is 5.45. The van der Waals surface area contributed by atoms with Crippen molar-refractivity contribution in [3.8, 4) is 5.75 Å². The molecule has 7 heteroatoms. The van der Waals surface area contributed by atoms with Gasteiger partial charge >= 0.3 is 6.18 Å². The molecule has 1 aromatic carbocycles. The first-order chi connectivity index (χ1) is 8.81. The maximum Gasteiger partial charge on any atom is 0.422 e. The minimum atomic E-state index is -4.35. The molecule has 0 amide bonds. The highest BCUT2D eigenvalue weighted by atomic mass is 35.5. The van der Waals surface area contributed by atoms with E-state index in [1.165, 1.54) is 12.1 Å². The quantitative estimate of drug-likeness (QED) is 0.793. The monoisotopic (exact) mass is 297 g/mol. The molecule has 0 aliphatic carbocycles. The molecule has 0 radical (unpaired) electrons. The highest BCUT2D eigenvalue weighted by molar-refractivity contribution is 6.18. The summed E-state index contributed by atoms with van der Waals surface area (Å²) in [6.45, 7) is 0.688. The molecule has 1 rings (SSSR count). The van der Waals surface area contributed by atoms with Gasteiger partial charge < -0.3 is 15.2 Å². The van der Waals surface area contributed by atoms with Crippen LogP contribution >= 0.6 is 11.6 Å². The van der Waals surface area contributed by atoms with Crippen molar-refractivity contribution >= 4 is 17.3 Å². The number of aryl methyl sites for hydroxylation is 1. The second kappa shape index (κ2) is 6.86. The summed E-state index contributed by atoms with van der Waals surface area (Å²) in [4.78, 5) is 0. The van der Waals surface area contributed by atoms with Crippen LogP contribution in [-0.4, -0.2) is 36.4 Å². The summed E-state index contributed by atoms with van der Waals surface area (Å²) in [5, 5.41) is 12.2. The Hall–Kier alpha value is -1.14. The number of halogens is 4. The van der Waals surface area contributed by atoms with Gasteiger partial charge in [-0.3, -0.25) is 0 Å². The van der Waals surface area contributed by atoms with Gasteiger partial charge in [-0.1, -0.05) is 0 Å². The molecule has 1 atom stereocenters. The molecule has 0 saturated carbocycles. The second-order valence-corrected chi connectivity index (χ2v) is 4.38. The SMILES string of the molecule is Cc1cc(OCC(F)(F)F)ccc1NCC(O)CCl. The predicted octanol–water partition coefficient (Wildman–Crippen LogP) is 2.95. The van der Waals surface area contributed by atoms with Gasteiger partial charge in [-0.25, -0.2) is 0 Å². The van der Waals surface area contributed by atoms with Crippen molar-refractivity contribution in [2.45, 2.75) is 19.2 Å². The smallest absolute Gasteiger partial charge is 0.422 e. The molecular formula is C12H15ClF3NO2. The van der Waals surface area contributed by atoms with E-state index in [4.69, 9.17) is 11.6 Å². The van der Waals surface area contributed by atoms with Crippen LogP contribution in [0.4, 0.5) is 18.9 Å². The van der Waals surface area contributed by atoms with E-state index in [0.717, 1.165) is 5.56 Å². The summed E-state index contributed by atoms with van der Waals surface area (Å²) in [7, 11) is 0. The Bertz CT molecular complexity index is 412. The summed E-state index contributed by atoms with van der Waals surface area (Å²) in [5.74, 6) is 0.261. The Morgan fingerprint density at radius 1 is 1.42 bits per heavy atom. The molecule has 3 nitrogen and oxygen atoms in total. The van der Waals surface area contributed by atoms with E-state index >= 15 is 0 Å². The maximum atomic E-state index is 12.0. The van der Waals surface area contributed by atoms with Crippen LogP contribution in [0.5, 0.6) is 5.75 Å². The van der Waals surface area contributed by atoms with Crippen LogP contribution in [0, 0.1) is 6.92 Å². The van der Waals surface area contributed by atoms with Gasteiger partial charge in [0, 0.05) is 12.2 Å². The average molecular weight is 298 g/mol. The fourth-order valence-corrected chi connectivity index (χ4v) is 1.48. The fraction of sp³-hybridized carbons (Fsp3) is 0.500. The van der Waals surface area contributed by atoms with E-state index in [2.05, 4.69) is 10.1 Å². The largest absolute Gasteiger partial charge is 0.484 e. The Balaban J connectivity index is 2.59. The van der Waals surface area contributed by atoms with E-state index in [1.54, 1.807) is 13.0 Å². The van der Waals surface area contributed by atoms with Crippen LogP contribution in [0.15, 0.2) is 18.2 Å². The van der Waals surface area contributed by atoms with Gasteiger partial charge in [0.25, 0.3) is 0 Å². The Kier molecular flexibility index (Phi) is 5.75. The van der Waals surface area contributed by atoms with Crippen molar-refractivity contribution in [1.29, 1.82) is 0 Å². The molecule has 19 heavy (non-hydrogen) atoms. The van der Waals surface area contributed by atoms with Crippen molar-refractivity contribution in [2.24, 2.45) is 0 Å². The summed E-state index contributed by atoms with van der Waals surface area (Å²) in [6, 6.07) is 4.54. The van der Waals surface area contributed by atoms with Crippen molar-refractivity contribution in [2.75, 3.05) is 24.3 Å². The third kappa shape index (κ3) is 6.02. The van der Waals surface area contributed by atoms with Gasteiger partial charge in [0.1, 0.15) is 5.75 Å². The number of anilines is 1. The molecule has 0 fully saturated rings. The van der Waals surface area contributed by atoms with Crippen LogP contribution in [0.3, 0.4) is 0 Å². The van der Waals surface area contributed by atoms with E-state index in [1.807, 2.05) is 0 Å². The van der Waals surface area contributed by atoms with Gasteiger partial charge in [-0.05, 0) is 30.7 Å². The van der Waals surface area contributed by atoms with Crippen LogP contribution < -0.4 is 10.1 Å². The van der Waals surface area contributed by atoms with E-state index < -0.39 is 18.9 Å². The third-order valence-corrected chi connectivity index (χ3v) is 2.66. The molecule has 0 aliphatic rings. The van der Waals surface area contributed by atoms with Crippen LogP contribution in [0.25, 0.3) is 0 Å². The minimum Gasteiger partial charge on any atom is -0.484 e. The lowest BCUT2D eigenvalue weighted by Gasteiger charge is -2.14. The molecule has 1 aromatic rings. The highest BCUT2D eigenvalue weighted by Crippen LogP contribution is 2.23. The van der Waals surface area contributed by atoms with Crippen molar-refractivity contribution in [3.63, 3.8) is 0 Å². The predicted molar refractivity (Wildman–Crippen MR) is 67.9 cm³/mol. The molecule has 0 aliphatic heterocycles. The number of aliphatic hydroxyl groups excluding tert-OH is 1. The summed E-state index contributed by atoms with van der Waals surface area (Å²) in [5.41, 5.74) is 1.44. The van der Waals surface area contributed by atoms with Crippen molar-refractivity contribution in [1.82, 2.24) is 0 Å². The molecule has 0 heterocycles. The molecule has 1 unspecified atom stereocenters. The van der Waals surface area contributed by atoms with Crippen molar-refractivity contribution in [3.05, 3.63) is 23.8 Å². The van der Waals surface area contributed by atoms with Crippen molar-refractivity contribution < 1.29 is 23.0 Å². The van der Waals surface area contributed by atoms with E-state index in [-0.39, 0.29) is 18.2 Å². The first-order valence-electron chi connectivity index (χ1n) is 5.60. The van der Waals surface area contributed by atoms with Gasteiger partial charge in [0.15, 0.2) is 6.61 Å². The van der Waals surface area contributed by atoms with Crippen LogP contribution in [0.2, 0.25) is 0 Å². The molecule has 0 aromatic heterocycles. The number of hydrogen-bond acceptors (Lipinski definition) is 3. The second-order valence-electron chi connectivity index (χ2n) is 4.07. The number of aliphatic hydroxyl groups is 1. The standard InChI is InChI=1S/C12H15ClF3NO2/c1-8-4-10(19-7-12(14,15)16)2-3-11(8)17-6-9(18)5-13/h2-4,9,17-18H,5-7H2,1H3. The Labute approximate surface area is 114 Å². The first-order valence-corrected chi connectivity index (χ1v) is 6.13. The fourth-order valence-electron chi connectivity index (χ4n) is 1.37. The van der Waals surface area contributed by atoms with Gasteiger partial charge in [0.2, 0.25) is 0 Å². The minimum absolute atomic E-state index is 0.110. The Morgan fingerprint density at radius 2 is 2.11 bits per heavy atom. The zero-order chi connectivity index (χ0) is 14.5. The maximum absolute atomic E-state index is 12.0. The normalized spacial score (nSPS) is 13.2. The molecule has 0 saturated heterocycles. The van der Waals surface area contributed by atoms with E-state index in [9.17, 15) is 18.3 Å². The zero-order valence-corrected chi connectivity index (χ0v) is 11.1. The van der Waals surface area contributed by atoms with Gasteiger partial charge in [-0.15, -0.1) is 11.6 Å². The van der Waals surface area contributed by atoms with E-state index in [0.29, 0.717) is 5.69 Å². The Morgan fingerprint density at radius 3 is 2.63 bits per heavy atom. The number of ether oxygens (including phenoxy) is 1. The average Bonchev–Trinajstić information content (AvgIpc) is 2.34. The summed E-state index contributed by atoms with van der Waals surface area (Å²) < 4.78 is 40.6. The highest BCUT2D eigenvalue weighted by Gasteiger charge is 2.28. The molecule has 108 valence electrons. The van der Waals surface area contributed by atoms with Crippen LogP contribution in [0.1, 0.15) is 5.56 Å². The molecule has 2 N–H and O–H groups in total. The van der Waals surface area contributed by atoms with Gasteiger partial charge in [-0.2, -0.15) is 13.2 Å². The number of alkyl halides is 4. The molecular weight excluding hydrogens is 283 g/mol.